The van der Waals surface area contributed by atoms with Crippen LogP contribution in [0.4, 0.5) is 0 Å². The van der Waals surface area contributed by atoms with Crippen LogP contribution in [0.5, 0.6) is 5.75 Å². The Morgan fingerprint density at radius 2 is 2.27 bits per heavy atom. The van der Waals surface area contributed by atoms with Crippen molar-refractivity contribution in [2.24, 2.45) is 0 Å². The van der Waals surface area contributed by atoms with Crippen LogP contribution >= 0.6 is 11.8 Å². The molecule has 1 aromatic carbocycles. The molecule has 15 heavy (non-hydrogen) atoms. The number of rotatable bonds is 1. The van der Waals surface area contributed by atoms with E-state index in [0.29, 0.717) is 5.92 Å². The Balaban J connectivity index is 2.35. The van der Waals surface area contributed by atoms with Gasteiger partial charge in [0.1, 0.15) is 5.75 Å². The molecule has 0 aliphatic carbocycles. The third-order valence-electron chi connectivity index (χ3n) is 2.98. The smallest absolute Gasteiger partial charge is 0.119 e. The van der Waals surface area contributed by atoms with Gasteiger partial charge in [0.05, 0.1) is 7.11 Å². The summed E-state index contributed by atoms with van der Waals surface area (Å²) in [4.78, 5) is 0. The highest BCUT2D eigenvalue weighted by atomic mass is 35.5. The highest BCUT2D eigenvalue weighted by Crippen LogP contribution is 2.28. The molecule has 2 rings (SSSR count). The highest BCUT2D eigenvalue weighted by molar-refractivity contribution is 6.13. The molecule has 1 aromatic rings. The fourth-order valence-corrected chi connectivity index (χ4v) is 2.43. The van der Waals surface area contributed by atoms with E-state index < -0.39 is 0 Å². The maximum absolute atomic E-state index is 6.08. The van der Waals surface area contributed by atoms with Crippen LogP contribution in [0.25, 0.3) is 0 Å². The SMILES string of the molecule is COc1ccc2c(c1)CCN(Cl)CC2C. The van der Waals surface area contributed by atoms with Crippen molar-refractivity contribution in [3.05, 3.63) is 29.3 Å². The van der Waals surface area contributed by atoms with Gasteiger partial charge >= 0.3 is 0 Å². The molecule has 82 valence electrons. The summed E-state index contributed by atoms with van der Waals surface area (Å²) in [5, 5.41) is 0. The van der Waals surface area contributed by atoms with Gasteiger partial charge in [-0.3, -0.25) is 0 Å². The van der Waals surface area contributed by atoms with Crippen LogP contribution in [0, 0.1) is 0 Å². The minimum absolute atomic E-state index is 0.492. The molecule has 0 saturated carbocycles. The molecule has 0 N–H and O–H groups in total. The fraction of sp³-hybridized carbons (Fsp3) is 0.500. The van der Waals surface area contributed by atoms with Crippen molar-refractivity contribution in [1.82, 2.24) is 4.42 Å². The van der Waals surface area contributed by atoms with Gasteiger partial charge in [-0.2, -0.15) is 0 Å². The minimum atomic E-state index is 0.492. The Morgan fingerprint density at radius 3 is 3.00 bits per heavy atom. The first-order chi connectivity index (χ1) is 7.20. The van der Waals surface area contributed by atoms with E-state index in [1.807, 2.05) is 10.5 Å². The molecule has 3 heteroatoms. The fourth-order valence-electron chi connectivity index (χ4n) is 2.13. The van der Waals surface area contributed by atoms with Crippen molar-refractivity contribution in [2.45, 2.75) is 19.3 Å². The third kappa shape index (κ3) is 2.27. The van der Waals surface area contributed by atoms with Gasteiger partial charge in [-0.05, 0) is 47.4 Å². The van der Waals surface area contributed by atoms with Crippen LogP contribution in [0.3, 0.4) is 0 Å². The van der Waals surface area contributed by atoms with Crippen LogP contribution in [0.1, 0.15) is 24.0 Å². The Bertz CT molecular complexity index is 353. The lowest BCUT2D eigenvalue weighted by Crippen LogP contribution is -2.16. The van der Waals surface area contributed by atoms with Gasteiger partial charge < -0.3 is 4.74 Å². The van der Waals surface area contributed by atoms with Crippen LogP contribution < -0.4 is 4.74 Å². The third-order valence-corrected chi connectivity index (χ3v) is 3.28. The molecule has 2 nitrogen and oxygen atoms in total. The molecule has 0 saturated heterocycles. The monoisotopic (exact) mass is 225 g/mol. The maximum atomic E-state index is 6.08. The summed E-state index contributed by atoms with van der Waals surface area (Å²) >= 11 is 6.08. The number of hydrogen-bond acceptors (Lipinski definition) is 2. The molecule has 1 heterocycles. The zero-order valence-electron chi connectivity index (χ0n) is 9.16. The molecule has 0 bridgehead atoms. The standard InChI is InChI=1S/C12H16ClNO/c1-9-8-14(13)6-5-10-7-11(15-2)3-4-12(9)10/h3-4,7,9H,5-6,8H2,1-2H3. The number of benzene rings is 1. The summed E-state index contributed by atoms with van der Waals surface area (Å²) in [6, 6.07) is 6.32. The van der Waals surface area contributed by atoms with Gasteiger partial charge in [0, 0.05) is 13.1 Å². The number of hydrogen-bond donors (Lipinski definition) is 0. The molecule has 0 fully saturated rings. The Kier molecular flexibility index (Phi) is 3.17. The summed E-state index contributed by atoms with van der Waals surface area (Å²) in [5.41, 5.74) is 2.77. The van der Waals surface area contributed by atoms with E-state index in [-0.39, 0.29) is 0 Å². The van der Waals surface area contributed by atoms with Crippen molar-refractivity contribution >= 4 is 11.8 Å². The van der Waals surface area contributed by atoms with Crippen molar-refractivity contribution in [1.29, 1.82) is 0 Å². The molecule has 1 atom stereocenters. The van der Waals surface area contributed by atoms with E-state index in [9.17, 15) is 0 Å². The van der Waals surface area contributed by atoms with Crippen molar-refractivity contribution in [3.63, 3.8) is 0 Å². The van der Waals surface area contributed by atoms with Crippen molar-refractivity contribution in [3.8, 4) is 5.75 Å². The van der Waals surface area contributed by atoms with Gasteiger partial charge in [0.15, 0.2) is 0 Å². The van der Waals surface area contributed by atoms with E-state index in [4.69, 9.17) is 16.5 Å². The van der Waals surface area contributed by atoms with Crippen LogP contribution in [0.15, 0.2) is 18.2 Å². The number of methoxy groups -OCH3 is 1. The van der Waals surface area contributed by atoms with Gasteiger partial charge in [-0.1, -0.05) is 13.0 Å². The van der Waals surface area contributed by atoms with Crippen LogP contribution in [-0.2, 0) is 6.42 Å². The van der Waals surface area contributed by atoms with E-state index in [2.05, 4.69) is 19.1 Å². The molecule has 1 aliphatic rings. The molecule has 1 unspecified atom stereocenters. The summed E-state index contributed by atoms with van der Waals surface area (Å²) in [7, 11) is 1.70. The first kappa shape index (κ1) is 10.8. The van der Waals surface area contributed by atoms with Crippen LogP contribution in [0.2, 0.25) is 0 Å². The van der Waals surface area contributed by atoms with E-state index in [1.165, 1.54) is 11.1 Å². The number of halogens is 1. The zero-order valence-corrected chi connectivity index (χ0v) is 9.92. The van der Waals surface area contributed by atoms with E-state index >= 15 is 0 Å². The van der Waals surface area contributed by atoms with Gasteiger partial charge in [-0.25, -0.2) is 4.42 Å². The molecular weight excluding hydrogens is 210 g/mol. The molecule has 0 amide bonds. The average molecular weight is 226 g/mol. The van der Waals surface area contributed by atoms with Gasteiger partial charge in [0.25, 0.3) is 0 Å². The van der Waals surface area contributed by atoms with Gasteiger partial charge in [-0.15, -0.1) is 0 Å². The van der Waals surface area contributed by atoms with E-state index in [0.717, 1.165) is 25.3 Å². The highest BCUT2D eigenvalue weighted by Gasteiger charge is 2.18. The predicted octanol–water partition coefficient (Wildman–Crippen LogP) is 2.81. The zero-order chi connectivity index (χ0) is 10.8. The lowest BCUT2D eigenvalue weighted by molar-refractivity contribution is 0.414. The molecule has 1 aliphatic heterocycles. The largest absolute Gasteiger partial charge is 0.497 e. The second-order valence-electron chi connectivity index (χ2n) is 4.08. The quantitative estimate of drug-likeness (QED) is 0.682. The Labute approximate surface area is 95.9 Å². The molecule has 0 radical (unpaired) electrons. The average Bonchev–Trinajstić information content (AvgIpc) is 2.38. The maximum Gasteiger partial charge on any atom is 0.119 e. The minimum Gasteiger partial charge on any atom is -0.497 e. The first-order valence-electron chi connectivity index (χ1n) is 5.28. The molecular formula is C12H16ClNO. The topological polar surface area (TPSA) is 12.5 Å². The summed E-state index contributed by atoms with van der Waals surface area (Å²) in [6.07, 6.45) is 1.00. The second-order valence-corrected chi connectivity index (χ2v) is 4.56. The summed E-state index contributed by atoms with van der Waals surface area (Å²) in [5.74, 6) is 1.43. The Morgan fingerprint density at radius 1 is 1.47 bits per heavy atom. The van der Waals surface area contributed by atoms with Crippen molar-refractivity contribution in [2.75, 3.05) is 20.2 Å². The van der Waals surface area contributed by atoms with E-state index in [1.54, 1.807) is 7.11 Å². The lowest BCUT2D eigenvalue weighted by atomic mass is 9.95. The first-order valence-corrected chi connectivity index (χ1v) is 5.62. The number of nitrogens with zero attached hydrogens (tertiary/aromatic N) is 1. The normalized spacial score (nSPS) is 21.9. The van der Waals surface area contributed by atoms with Crippen molar-refractivity contribution < 1.29 is 4.74 Å². The molecule has 0 aromatic heterocycles. The predicted molar refractivity (Wildman–Crippen MR) is 62.5 cm³/mol. The Hall–Kier alpha value is -0.730. The summed E-state index contributed by atoms with van der Waals surface area (Å²) < 4.78 is 7.11. The summed E-state index contributed by atoms with van der Waals surface area (Å²) in [6.45, 7) is 4.04. The van der Waals surface area contributed by atoms with Gasteiger partial charge in [0.2, 0.25) is 0 Å². The lowest BCUT2D eigenvalue weighted by Gasteiger charge is -2.15. The molecule has 0 spiro atoms. The number of fused-ring (bicyclic) bond motifs is 1. The second kappa shape index (κ2) is 4.42. The number of ether oxygens (including phenoxy) is 1. The van der Waals surface area contributed by atoms with Crippen LogP contribution in [-0.4, -0.2) is 24.6 Å².